The summed E-state index contributed by atoms with van der Waals surface area (Å²) in [6, 6.07) is 2.87. The van der Waals surface area contributed by atoms with Gasteiger partial charge in [0.1, 0.15) is 11.5 Å². The molecule has 4 nitrogen and oxygen atoms in total. The lowest BCUT2D eigenvalue weighted by molar-refractivity contribution is 0.146. The van der Waals surface area contributed by atoms with Gasteiger partial charge < -0.3 is 5.73 Å². The predicted octanol–water partition coefficient (Wildman–Crippen LogP) is 2.31. The van der Waals surface area contributed by atoms with Crippen molar-refractivity contribution in [1.82, 2.24) is 14.8 Å². The summed E-state index contributed by atoms with van der Waals surface area (Å²) in [4.78, 5) is 3.69. The van der Waals surface area contributed by atoms with E-state index in [4.69, 9.17) is 5.73 Å². The van der Waals surface area contributed by atoms with Gasteiger partial charge in [-0.3, -0.25) is 9.67 Å². The third kappa shape index (κ3) is 1.98. The van der Waals surface area contributed by atoms with Crippen molar-refractivity contribution in [2.75, 3.05) is 5.73 Å². The fraction of sp³-hybridized carbons (Fsp3) is 0.273. The molecule has 0 spiro atoms. The zero-order valence-electron chi connectivity index (χ0n) is 9.48. The van der Waals surface area contributed by atoms with Crippen LogP contribution in [0, 0.1) is 6.92 Å². The first-order valence-electron chi connectivity index (χ1n) is 5.04. The van der Waals surface area contributed by atoms with Crippen molar-refractivity contribution in [3.63, 3.8) is 0 Å². The molecule has 2 N–H and O–H groups in total. The maximum atomic E-state index is 12.3. The van der Waals surface area contributed by atoms with Crippen LogP contribution in [0.15, 0.2) is 18.3 Å². The molecule has 0 aromatic carbocycles. The quantitative estimate of drug-likeness (QED) is 0.873. The van der Waals surface area contributed by atoms with Gasteiger partial charge in [-0.05, 0) is 19.1 Å². The van der Waals surface area contributed by atoms with Crippen LogP contribution in [0.5, 0.6) is 0 Å². The Balaban J connectivity index is 2.43. The van der Waals surface area contributed by atoms with E-state index in [0.29, 0.717) is 17.1 Å². The van der Waals surface area contributed by atoms with Crippen LogP contribution in [0.4, 0.5) is 14.6 Å². The van der Waals surface area contributed by atoms with Gasteiger partial charge in [0.25, 0.3) is 6.43 Å². The zero-order chi connectivity index (χ0) is 12.6. The minimum atomic E-state index is -2.56. The van der Waals surface area contributed by atoms with Crippen molar-refractivity contribution in [1.29, 1.82) is 0 Å². The molecular weight excluding hydrogens is 226 g/mol. The number of rotatable bonds is 2. The Morgan fingerprint density at radius 3 is 2.47 bits per heavy atom. The predicted molar refractivity (Wildman–Crippen MR) is 60.5 cm³/mol. The van der Waals surface area contributed by atoms with Crippen LogP contribution >= 0.6 is 0 Å². The van der Waals surface area contributed by atoms with Crippen LogP contribution in [-0.2, 0) is 7.05 Å². The second kappa shape index (κ2) is 4.12. The van der Waals surface area contributed by atoms with Gasteiger partial charge in [0.15, 0.2) is 0 Å². The van der Waals surface area contributed by atoms with E-state index in [-0.39, 0.29) is 5.69 Å². The highest BCUT2D eigenvalue weighted by Crippen LogP contribution is 2.26. The number of alkyl halides is 2. The molecule has 0 aliphatic rings. The monoisotopic (exact) mass is 238 g/mol. The first kappa shape index (κ1) is 11.5. The number of hydrogen-bond acceptors (Lipinski definition) is 3. The minimum absolute atomic E-state index is 0.240. The van der Waals surface area contributed by atoms with Crippen LogP contribution in [-0.4, -0.2) is 14.8 Å². The number of nitrogen functional groups attached to an aromatic ring is 1. The molecule has 2 aromatic rings. The SMILES string of the molecule is Cc1c(-c2ccc(C(F)F)nc2)nn(C)c1N. The molecule has 0 bridgehead atoms. The van der Waals surface area contributed by atoms with Gasteiger partial charge in [-0.25, -0.2) is 8.78 Å². The lowest BCUT2D eigenvalue weighted by atomic mass is 10.1. The first-order valence-corrected chi connectivity index (χ1v) is 5.04. The molecule has 0 amide bonds. The lowest BCUT2D eigenvalue weighted by Gasteiger charge is -2.01. The topological polar surface area (TPSA) is 56.7 Å². The van der Waals surface area contributed by atoms with E-state index in [2.05, 4.69) is 10.1 Å². The maximum Gasteiger partial charge on any atom is 0.280 e. The van der Waals surface area contributed by atoms with Crippen LogP contribution in [0.2, 0.25) is 0 Å². The number of hydrogen-bond donors (Lipinski definition) is 1. The van der Waals surface area contributed by atoms with Crippen molar-refractivity contribution >= 4 is 5.82 Å². The molecule has 0 atom stereocenters. The van der Waals surface area contributed by atoms with Gasteiger partial charge in [0, 0.05) is 24.4 Å². The summed E-state index contributed by atoms with van der Waals surface area (Å²) >= 11 is 0. The molecule has 2 aromatic heterocycles. The zero-order valence-corrected chi connectivity index (χ0v) is 9.48. The number of halogens is 2. The number of nitrogens with zero attached hydrogens (tertiary/aromatic N) is 3. The summed E-state index contributed by atoms with van der Waals surface area (Å²) in [5.74, 6) is 0.554. The van der Waals surface area contributed by atoms with Crippen LogP contribution in [0.3, 0.4) is 0 Å². The number of anilines is 1. The highest BCUT2D eigenvalue weighted by atomic mass is 19.3. The van der Waals surface area contributed by atoms with Crippen molar-refractivity contribution in [2.24, 2.45) is 7.05 Å². The molecule has 2 heterocycles. The smallest absolute Gasteiger partial charge is 0.280 e. The molecule has 0 unspecified atom stereocenters. The molecule has 0 aliphatic carbocycles. The number of aryl methyl sites for hydroxylation is 1. The van der Waals surface area contributed by atoms with Crippen molar-refractivity contribution in [3.05, 3.63) is 29.6 Å². The van der Waals surface area contributed by atoms with Crippen LogP contribution in [0.25, 0.3) is 11.3 Å². The van der Waals surface area contributed by atoms with Gasteiger partial charge in [0.2, 0.25) is 0 Å². The Bertz CT molecular complexity index is 531. The Morgan fingerprint density at radius 1 is 1.35 bits per heavy atom. The fourth-order valence-corrected chi connectivity index (χ4v) is 1.59. The van der Waals surface area contributed by atoms with Gasteiger partial charge in [-0.2, -0.15) is 5.10 Å². The van der Waals surface area contributed by atoms with Crippen LogP contribution < -0.4 is 5.73 Å². The summed E-state index contributed by atoms with van der Waals surface area (Å²) in [5.41, 5.74) is 7.70. The maximum absolute atomic E-state index is 12.3. The molecule has 0 saturated heterocycles. The average Bonchev–Trinajstić information content (AvgIpc) is 2.57. The molecule has 0 saturated carbocycles. The average molecular weight is 238 g/mol. The van der Waals surface area contributed by atoms with Crippen molar-refractivity contribution < 1.29 is 8.78 Å². The van der Waals surface area contributed by atoms with E-state index in [1.807, 2.05) is 6.92 Å². The number of nitrogens with two attached hydrogens (primary N) is 1. The van der Waals surface area contributed by atoms with E-state index < -0.39 is 6.43 Å². The van der Waals surface area contributed by atoms with Crippen LogP contribution in [0.1, 0.15) is 17.7 Å². The first-order chi connectivity index (χ1) is 8.00. The standard InChI is InChI=1S/C11H12F2N4/c1-6-9(16-17(2)11(6)14)7-3-4-8(10(12)13)15-5-7/h3-5,10H,14H2,1-2H3. The number of pyridine rings is 1. The van der Waals surface area contributed by atoms with Gasteiger partial charge >= 0.3 is 0 Å². The third-order valence-corrected chi connectivity index (χ3v) is 2.62. The second-order valence-electron chi connectivity index (χ2n) is 3.75. The van der Waals surface area contributed by atoms with Crippen molar-refractivity contribution in [3.8, 4) is 11.3 Å². The summed E-state index contributed by atoms with van der Waals surface area (Å²) < 4.78 is 26.2. The summed E-state index contributed by atoms with van der Waals surface area (Å²) in [5, 5.41) is 4.22. The molecular formula is C11H12F2N4. The molecule has 90 valence electrons. The molecule has 2 rings (SSSR count). The largest absolute Gasteiger partial charge is 0.384 e. The fourth-order valence-electron chi connectivity index (χ4n) is 1.59. The minimum Gasteiger partial charge on any atom is -0.384 e. The molecule has 17 heavy (non-hydrogen) atoms. The molecule has 0 radical (unpaired) electrons. The van der Waals surface area contributed by atoms with E-state index >= 15 is 0 Å². The summed E-state index contributed by atoms with van der Waals surface area (Å²) in [6.07, 6.45) is -1.17. The highest BCUT2D eigenvalue weighted by molar-refractivity contribution is 5.67. The summed E-state index contributed by atoms with van der Waals surface area (Å²) in [7, 11) is 1.73. The Morgan fingerprint density at radius 2 is 2.06 bits per heavy atom. The Hall–Kier alpha value is -1.98. The van der Waals surface area contributed by atoms with Gasteiger partial charge in [-0.1, -0.05) is 0 Å². The van der Waals surface area contributed by atoms with Crippen molar-refractivity contribution in [2.45, 2.75) is 13.3 Å². The van der Waals surface area contributed by atoms with E-state index in [0.717, 1.165) is 5.56 Å². The van der Waals surface area contributed by atoms with Gasteiger partial charge in [0.05, 0.1) is 5.69 Å². The third-order valence-electron chi connectivity index (χ3n) is 2.62. The molecule has 0 fully saturated rings. The van der Waals surface area contributed by atoms with Gasteiger partial charge in [-0.15, -0.1) is 0 Å². The number of aromatic nitrogens is 3. The van der Waals surface area contributed by atoms with E-state index in [1.165, 1.54) is 12.3 Å². The lowest BCUT2D eigenvalue weighted by Crippen LogP contribution is -1.97. The van der Waals surface area contributed by atoms with E-state index in [9.17, 15) is 8.78 Å². The Kier molecular flexibility index (Phi) is 2.79. The highest BCUT2D eigenvalue weighted by Gasteiger charge is 2.13. The van der Waals surface area contributed by atoms with E-state index in [1.54, 1.807) is 17.8 Å². The summed E-state index contributed by atoms with van der Waals surface area (Å²) in [6.45, 7) is 1.83. The normalized spacial score (nSPS) is 11.1. The second-order valence-corrected chi connectivity index (χ2v) is 3.75. The Labute approximate surface area is 97.1 Å². The molecule has 0 aliphatic heterocycles. The molecule has 6 heteroatoms.